The second kappa shape index (κ2) is 8.64. The predicted molar refractivity (Wildman–Crippen MR) is 108 cm³/mol. The van der Waals surface area contributed by atoms with Crippen molar-refractivity contribution in [3.63, 3.8) is 0 Å². The first-order valence-corrected chi connectivity index (χ1v) is 9.40. The molecule has 1 heterocycles. The quantitative estimate of drug-likeness (QED) is 0.374. The molecule has 2 aromatic carbocycles. The number of hydrogen-bond acceptors (Lipinski definition) is 5. The van der Waals surface area contributed by atoms with Crippen LogP contribution in [0.25, 0.3) is 0 Å². The predicted octanol–water partition coefficient (Wildman–Crippen LogP) is 2.79. The third-order valence-electron chi connectivity index (χ3n) is 4.14. The fourth-order valence-corrected chi connectivity index (χ4v) is 3.54. The molecule has 7 heteroatoms. The molecule has 2 amide bonds. The van der Waals surface area contributed by atoms with Crippen molar-refractivity contribution in [3.8, 4) is 0 Å². The minimum absolute atomic E-state index is 0.119. The molecule has 1 aliphatic rings. The Hall–Kier alpha value is -2.93. The van der Waals surface area contributed by atoms with Crippen molar-refractivity contribution in [2.75, 3.05) is 0 Å². The monoisotopic (exact) mass is 380 g/mol. The van der Waals surface area contributed by atoms with Gasteiger partial charge in [-0.3, -0.25) is 14.5 Å². The Kier molecular flexibility index (Phi) is 6.03. The van der Waals surface area contributed by atoms with Gasteiger partial charge in [0.15, 0.2) is 5.17 Å². The van der Waals surface area contributed by atoms with Gasteiger partial charge in [-0.25, -0.2) is 0 Å². The number of nitrogens with zero attached hydrogens (tertiary/aromatic N) is 3. The number of nitrogens with two attached hydrogens (primary N) is 1. The van der Waals surface area contributed by atoms with Gasteiger partial charge in [-0.05, 0) is 18.1 Å². The van der Waals surface area contributed by atoms with E-state index < -0.39 is 5.25 Å². The van der Waals surface area contributed by atoms with Crippen molar-refractivity contribution >= 4 is 34.5 Å². The Balaban J connectivity index is 1.63. The molecule has 0 bridgehead atoms. The summed E-state index contributed by atoms with van der Waals surface area (Å²) in [7, 11) is 0. The minimum atomic E-state index is -0.558. The average molecular weight is 380 g/mol. The highest BCUT2D eigenvalue weighted by atomic mass is 32.2. The summed E-state index contributed by atoms with van der Waals surface area (Å²) in [6.07, 6.45) is 0.119. The maximum absolute atomic E-state index is 12.6. The zero-order valence-electron chi connectivity index (χ0n) is 14.9. The number of carbonyl (C=O) groups excluding carboxylic acids is 2. The van der Waals surface area contributed by atoms with Gasteiger partial charge in [-0.2, -0.15) is 5.10 Å². The van der Waals surface area contributed by atoms with E-state index >= 15 is 0 Å². The first-order chi connectivity index (χ1) is 13.0. The maximum Gasteiger partial charge on any atom is 0.243 e. The fourth-order valence-electron chi connectivity index (χ4n) is 2.71. The average Bonchev–Trinajstić information content (AvgIpc) is 2.95. The third kappa shape index (κ3) is 4.83. The molecule has 1 aliphatic heterocycles. The number of rotatable bonds is 5. The Morgan fingerprint density at radius 3 is 2.37 bits per heavy atom. The third-order valence-corrected chi connectivity index (χ3v) is 5.12. The molecule has 138 valence electrons. The lowest BCUT2D eigenvalue weighted by Gasteiger charge is -2.14. The van der Waals surface area contributed by atoms with E-state index in [1.807, 2.05) is 67.6 Å². The summed E-state index contributed by atoms with van der Waals surface area (Å²) in [5, 5.41) is 7.72. The van der Waals surface area contributed by atoms with Crippen LogP contribution in [-0.2, 0) is 16.1 Å². The van der Waals surface area contributed by atoms with E-state index in [-0.39, 0.29) is 29.9 Å². The van der Waals surface area contributed by atoms with Crippen LogP contribution in [0, 0.1) is 0 Å². The van der Waals surface area contributed by atoms with Crippen LogP contribution in [0.2, 0.25) is 0 Å². The second-order valence-corrected chi connectivity index (χ2v) is 7.33. The van der Waals surface area contributed by atoms with Crippen molar-refractivity contribution in [1.82, 2.24) is 4.90 Å². The zero-order chi connectivity index (χ0) is 19.2. The molecule has 1 saturated heterocycles. The highest BCUT2D eigenvalue weighted by molar-refractivity contribution is 8.14. The Bertz CT molecular complexity index is 881. The summed E-state index contributed by atoms with van der Waals surface area (Å²) in [6, 6.07) is 19.0. The van der Waals surface area contributed by atoms with Crippen LogP contribution in [0.5, 0.6) is 0 Å². The number of amidine groups is 1. The summed E-state index contributed by atoms with van der Waals surface area (Å²) >= 11 is 1.08. The number of hydrogen-bond donors (Lipinski definition) is 1. The molecule has 1 unspecified atom stereocenters. The molecule has 1 fully saturated rings. The van der Waals surface area contributed by atoms with Crippen molar-refractivity contribution in [2.24, 2.45) is 15.9 Å². The molecule has 0 aliphatic carbocycles. The molecule has 0 aromatic heterocycles. The van der Waals surface area contributed by atoms with E-state index in [1.54, 1.807) is 0 Å². The fraction of sp³-hybridized carbons (Fsp3) is 0.200. The van der Waals surface area contributed by atoms with Gasteiger partial charge in [-0.1, -0.05) is 72.4 Å². The van der Waals surface area contributed by atoms with Gasteiger partial charge < -0.3 is 5.73 Å². The molecule has 0 saturated carbocycles. The van der Waals surface area contributed by atoms with E-state index in [1.165, 1.54) is 4.90 Å². The Morgan fingerprint density at radius 1 is 1.07 bits per heavy atom. The van der Waals surface area contributed by atoms with E-state index in [4.69, 9.17) is 5.73 Å². The second-order valence-electron chi connectivity index (χ2n) is 6.10. The molecule has 3 rings (SSSR count). The largest absolute Gasteiger partial charge is 0.377 e. The van der Waals surface area contributed by atoms with Crippen LogP contribution in [0.4, 0.5) is 0 Å². The van der Waals surface area contributed by atoms with E-state index in [0.717, 1.165) is 28.6 Å². The van der Waals surface area contributed by atoms with Gasteiger partial charge in [0, 0.05) is 6.42 Å². The van der Waals surface area contributed by atoms with E-state index in [0.29, 0.717) is 0 Å². The van der Waals surface area contributed by atoms with E-state index in [9.17, 15) is 9.59 Å². The van der Waals surface area contributed by atoms with Gasteiger partial charge in [0.2, 0.25) is 11.8 Å². The van der Waals surface area contributed by atoms with Gasteiger partial charge in [-0.15, -0.1) is 5.10 Å². The summed E-state index contributed by atoms with van der Waals surface area (Å²) < 4.78 is 0. The summed E-state index contributed by atoms with van der Waals surface area (Å²) in [5.41, 5.74) is 8.49. The van der Waals surface area contributed by atoms with E-state index in [2.05, 4.69) is 10.2 Å². The smallest absolute Gasteiger partial charge is 0.243 e. The standard InChI is InChI=1S/C20H20N4O2S/c1-14(16-10-6-3-7-11-16)22-23-20(21)27-17-12-18(25)24(19(17)26)13-15-8-4-2-5-9-15/h2-11,17H,12-13H2,1H3,(H2,21,23)/b22-14+. The van der Waals surface area contributed by atoms with Crippen LogP contribution in [0.15, 0.2) is 70.9 Å². The van der Waals surface area contributed by atoms with Crippen molar-refractivity contribution in [1.29, 1.82) is 0 Å². The molecule has 2 N–H and O–H groups in total. The SMILES string of the molecule is C/C(=N\N=C(/N)SC1CC(=O)N(Cc2ccccc2)C1=O)c1ccccc1. The Morgan fingerprint density at radius 2 is 1.70 bits per heavy atom. The molecule has 6 nitrogen and oxygen atoms in total. The number of carbonyl (C=O) groups is 2. The molecule has 1 atom stereocenters. The molecule has 0 spiro atoms. The minimum Gasteiger partial charge on any atom is -0.377 e. The number of benzene rings is 2. The molecule has 2 aromatic rings. The van der Waals surface area contributed by atoms with Crippen LogP contribution in [-0.4, -0.2) is 32.8 Å². The normalized spacial score (nSPS) is 18.3. The summed E-state index contributed by atoms with van der Waals surface area (Å²) in [4.78, 5) is 26.0. The number of thioether (sulfide) groups is 1. The van der Waals surface area contributed by atoms with Gasteiger partial charge in [0.25, 0.3) is 0 Å². The maximum atomic E-state index is 12.6. The van der Waals surface area contributed by atoms with Crippen molar-refractivity contribution in [3.05, 3.63) is 71.8 Å². The highest BCUT2D eigenvalue weighted by Gasteiger charge is 2.39. The molecule has 27 heavy (non-hydrogen) atoms. The van der Waals surface area contributed by atoms with Crippen LogP contribution < -0.4 is 5.73 Å². The topological polar surface area (TPSA) is 88.1 Å². The van der Waals surface area contributed by atoms with Crippen molar-refractivity contribution < 1.29 is 9.59 Å². The molecule has 0 radical (unpaired) electrons. The van der Waals surface area contributed by atoms with Crippen molar-refractivity contribution in [2.45, 2.75) is 25.1 Å². The van der Waals surface area contributed by atoms with Gasteiger partial charge >= 0.3 is 0 Å². The Labute approximate surface area is 162 Å². The van der Waals surface area contributed by atoms with Gasteiger partial charge in [0.05, 0.1) is 12.3 Å². The lowest BCUT2D eigenvalue weighted by Crippen LogP contribution is -2.31. The first-order valence-electron chi connectivity index (χ1n) is 8.52. The van der Waals surface area contributed by atoms with Crippen LogP contribution >= 0.6 is 11.8 Å². The van der Waals surface area contributed by atoms with Gasteiger partial charge in [0.1, 0.15) is 5.25 Å². The summed E-state index contributed by atoms with van der Waals surface area (Å²) in [6.45, 7) is 2.11. The zero-order valence-corrected chi connectivity index (χ0v) is 15.7. The number of imide groups is 1. The highest BCUT2D eigenvalue weighted by Crippen LogP contribution is 2.26. The lowest BCUT2D eigenvalue weighted by atomic mass is 10.1. The molecular formula is C20H20N4O2S. The number of likely N-dealkylation sites (tertiary alicyclic amines) is 1. The summed E-state index contributed by atoms with van der Waals surface area (Å²) in [5.74, 6) is -0.436. The van der Waals surface area contributed by atoms with Crippen LogP contribution in [0.3, 0.4) is 0 Å². The first kappa shape index (κ1) is 18.8. The molecular weight excluding hydrogens is 360 g/mol. The number of amides is 2. The van der Waals surface area contributed by atoms with Crippen LogP contribution in [0.1, 0.15) is 24.5 Å². The lowest BCUT2D eigenvalue weighted by molar-refractivity contribution is -0.138.